The van der Waals surface area contributed by atoms with Crippen molar-refractivity contribution in [3.63, 3.8) is 0 Å². The maximum absolute atomic E-state index is 5.30. The molecule has 0 amide bonds. The summed E-state index contributed by atoms with van der Waals surface area (Å²) in [7, 11) is 3.99. The van der Waals surface area contributed by atoms with E-state index in [1.165, 1.54) is 0 Å². The van der Waals surface area contributed by atoms with Crippen molar-refractivity contribution >= 4 is 0 Å². The summed E-state index contributed by atoms with van der Waals surface area (Å²) in [5.74, 6) is 2.04. The summed E-state index contributed by atoms with van der Waals surface area (Å²) in [6.45, 7) is 8.35. The highest BCUT2D eigenvalue weighted by atomic mass is 16.5. The standard InChI is InChI=1S/C13H26N4O/c1-6-7-14-11(10(2)3)8-13-15-12(16-18-13)9-17(4)5/h10-11,14H,6-9H2,1-5H3. The summed E-state index contributed by atoms with van der Waals surface area (Å²) >= 11 is 0. The number of hydrogen-bond acceptors (Lipinski definition) is 5. The normalized spacial score (nSPS) is 13.5. The van der Waals surface area contributed by atoms with Gasteiger partial charge in [0.1, 0.15) is 0 Å². The van der Waals surface area contributed by atoms with Crippen molar-refractivity contribution in [2.75, 3.05) is 20.6 Å². The van der Waals surface area contributed by atoms with Gasteiger partial charge in [0.2, 0.25) is 5.89 Å². The van der Waals surface area contributed by atoms with Crippen LogP contribution in [0.5, 0.6) is 0 Å². The van der Waals surface area contributed by atoms with E-state index in [-0.39, 0.29) is 0 Å². The van der Waals surface area contributed by atoms with E-state index in [9.17, 15) is 0 Å². The maximum Gasteiger partial charge on any atom is 0.228 e. The van der Waals surface area contributed by atoms with Crippen molar-refractivity contribution < 1.29 is 4.52 Å². The average molecular weight is 254 g/mol. The molecule has 18 heavy (non-hydrogen) atoms. The van der Waals surface area contributed by atoms with Gasteiger partial charge >= 0.3 is 0 Å². The Morgan fingerprint density at radius 1 is 1.33 bits per heavy atom. The summed E-state index contributed by atoms with van der Waals surface area (Å²) in [5.41, 5.74) is 0. The van der Waals surface area contributed by atoms with E-state index < -0.39 is 0 Å². The molecule has 1 heterocycles. The van der Waals surface area contributed by atoms with E-state index >= 15 is 0 Å². The molecule has 5 heteroatoms. The van der Waals surface area contributed by atoms with Crippen LogP contribution in [0.25, 0.3) is 0 Å². The van der Waals surface area contributed by atoms with Gasteiger partial charge < -0.3 is 14.7 Å². The van der Waals surface area contributed by atoms with E-state index in [4.69, 9.17) is 4.52 Å². The molecule has 0 aromatic carbocycles. The number of aromatic nitrogens is 2. The highest BCUT2D eigenvalue weighted by Crippen LogP contribution is 2.09. The first kappa shape index (κ1) is 15.1. The van der Waals surface area contributed by atoms with Gasteiger partial charge in [0, 0.05) is 12.5 Å². The molecule has 0 fully saturated rings. The summed E-state index contributed by atoms with van der Waals surface area (Å²) in [4.78, 5) is 6.45. The quantitative estimate of drug-likeness (QED) is 0.765. The van der Waals surface area contributed by atoms with Gasteiger partial charge in [-0.05, 0) is 33.0 Å². The van der Waals surface area contributed by atoms with E-state index in [2.05, 4.69) is 36.2 Å². The van der Waals surface area contributed by atoms with Gasteiger partial charge in [-0.1, -0.05) is 25.9 Å². The lowest BCUT2D eigenvalue weighted by atomic mass is 10.0. The highest BCUT2D eigenvalue weighted by Gasteiger charge is 2.17. The molecule has 1 aromatic heterocycles. The molecule has 104 valence electrons. The Bertz CT molecular complexity index is 335. The summed E-state index contributed by atoms with van der Waals surface area (Å²) < 4.78 is 5.30. The molecule has 0 saturated carbocycles. The average Bonchev–Trinajstić information content (AvgIpc) is 2.70. The first-order valence-electron chi connectivity index (χ1n) is 6.72. The molecular formula is C13H26N4O. The van der Waals surface area contributed by atoms with Crippen molar-refractivity contribution in [1.29, 1.82) is 0 Å². The van der Waals surface area contributed by atoms with Crippen molar-refractivity contribution in [3.8, 4) is 0 Å². The van der Waals surface area contributed by atoms with Crippen molar-refractivity contribution in [3.05, 3.63) is 11.7 Å². The molecule has 0 saturated heterocycles. The SMILES string of the molecule is CCCNC(Cc1nc(CN(C)C)no1)C(C)C. The van der Waals surface area contributed by atoms with E-state index in [1.54, 1.807) is 0 Å². The lowest BCUT2D eigenvalue weighted by Crippen LogP contribution is -2.36. The Hall–Kier alpha value is -0.940. The van der Waals surface area contributed by atoms with Crippen LogP contribution in [0.15, 0.2) is 4.52 Å². The zero-order chi connectivity index (χ0) is 13.5. The predicted octanol–water partition coefficient (Wildman–Crippen LogP) is 1.70. The van der Waals surface area contributed by atoms with E-state index in [1.807, 2.05) is 19.0 Å². The molecule has 0 spiro atoms. The Labute approximate surface area is 110 Å². The summed E-state index contributed by atoms with van der Waals surface area (Å²) in [6.07, 6.45) is 1.94. The van der Waals surface area contributed by atoms with E-state index in [0.29, 0.717) is 12.0 Å². The molecule has 0 aliphatic carbocycles. The molecule has 1 atom stereocenters. The fourth-order valence-electron chi connectivity index (χ4n) is 1.78. The third-order valence-corrected chi connectivity index (χ3v) is 2.82. The van der Waals surface area contributed by atoms with Crippen molar-refractivity contribution in [2.45, 2.75) is 46.2 Å². The third-order valence-electron chi connectivity index (χ3n) is 2.82. The van der Waals surface area contributed by atoms with Gasteiger partial charge in [0.05, 0.1) is 6.54 Å². The fourth-order valence-corrected chi connectivity index (χ4v) is 1.78. The lowest BCUT2D eigenvalue weighted by molar-refractivity contribution is 0.319. The Kier molecular flexibility index (Phi) is 6.29. The Morgan fingerprint density at radius 3 is 2.61 bits per heavy atom. The second kappa shape index (κ2) is 7.48. The fraction of sp³-hybridized carbons (Fsp3) is 0.846. The van der Waals surface area contributed by atoms with Gasteiger partial charge in [-0.2, -0.15) is 4.98 Å². The van der Waals surface area contributed by atoms with Crippen LogP contribution in [0.3, 0.4) is 0 Å². The lowest BCUT2D eigenvalue weighted by Gasteiger charge is -2.20. The second-order valence-corrected chi connectivity index (χ2v) is 5.35. The minimum Gasteiger partial charge on any atom is -0.339 e. The molecule has 1 N–H and O–H groups in total. The van der Waals surface area contributed by atoms with E-state index in [0.717, 1.165) is 37.6 Å². The predicted molar refractivity (Wildman–Crippen MR) is 72.3 cm³/mol. The van der Waals surface area contributed by atoms with Gasteiger partial charge in [0.15, 0.2) is 5.82 Å². The number of nitrogens with zero attached hydrogens (tertiary/aromatic N) is 3. The van der Waals surface area contributed by atoms with Crippen LogP contribution in [0.4, 0.5) is 0 Å². The second-order valence-electron chi connectivity index (χ2n) is 5.35. The van der Waals surface area contributed by atoms with Crippen LogP contribution in [0.1, 0.15) is 38.9 Å². The highest BCUT2D eigenvalue weighted by molar-refractivity contribution is 4.90. The Morgan fingerprint density at radius 2 is 2.06 bits per heavy atom. The van der Waals surface area contributed by atoms with Gasteiger partial charge in [0.25, 0.3) is 0 Å². The maximum atomic E-state index is 5.30. The largest absolute Gasteiger partial charge is 0.339 e. The van der Waals surface area contributed by atoms with Crippen molar-refractivity contribution in [2.24, 2.45) is 5.92 Å². The number of nitrogens with one attached hydrogen (secondary N) is 1. The minimum absolute atomic E-state index is 0.401. The zero-order valence-corrected chi connectivity index (χ0v) is 12.2. The molecule has 5 nitrogen and oxygen atoms in total. The van der Waals surface area contributed by atoms with Crippen LogP contribution in [0, 0.1) is 5.92 Å². The third kappa shape index (κ3) is 5.14. The van der Waals surface area contributed by atoms with Crippen LogP contribution in [-0.2, 0) is 13.0 Å². The molecule has 0 bridgehead atoms. The monoisotopic (exact) mass is 254 g/mol. The first-order chi connectivity index (χ1) is 8.52. The smallest absolute Gasteiger partial charge is 0.228 e. The van der Waals surface area contributed by atoms with Crippen molar-refractivity contribution in [1.82, 2.24) is 20.4 Å². The zero-order valence-electron chi connectivity index (χ0n) is 12.2. The van der Waals surface area contributed by atoms with Gasteiger partial charge in [-0.25, -0.2) is 0 Å². The first-order valence-corrected chi connectivity index (χ1v) is 6.72. The van der Waals surface area contributed by atoms with Crippen LogP contribution in [0.2, 0.25) is 0 Å². The van der Waals surface area contributed by atoms with Gasteiger partial charge in [-0.15, -0.1) is 0 Å². The topological polar surface area (TPSA) is 54.2 Å². The molecule has 1 aromatic rings. The molecule has 1 unspecified atom stereocenters. The number of rotatable bonds is 8. The summed E-state index contributed by atoms with van der Waals surface area (Å²) in [5, 5.41) is 7.52. The molecule has 0 aliphatic heterocycles. The Balaban J connectivity index is 2.55. The molecule has 0 radical (unpaired) electrons. The number of hydrogen-bond donors (Lipinski definition) is 1. The summed E-state index contributed by atoms with van der Waals surface area (Å²) in [6, 6.07) is 0.401. The molecule has 1 rings (SSSR count). The van der Waals surface area contributed by atoms with Crippen LogP contribution < -0.4 is 5.32 Å². The van der Waals surface area contributed by atoms with Crippen LogP contribution in [-0.4, -0.2) is 41.7 Å². The molecular weight excluding hydrogens is 228 g/mol. The minimum atomic E-state index is 0.401. The molecule has 0 aliphatic rings. The van der Waals surface area contributed by atoms with Gasteiger partial charge in [-0.3, -0.25) is 0 Å². The van der Waals surface area contributed by atoms with Crippen LogP contribution >= 0.6 is 0 Å².